The van der Waals surface area contributed by atoms with E-state index < -0.39 is 0 Å². The Labute approximate surface area is 121 Å². The number of hydrogen-bond acceptors (Lipinski definition) is 3. The van der Waals surface area contributed by atoms with E-state index >= 15 is 0 Å². The summed E-state index contributed by atoms with van der Waals surface area (Å²) in [5.41, 5.74) is 2.44. The number of carbonyl (C=O) groups is 1. The zero-order valence-electron chi connectivity index (χ0n) is 13.0. The normalized spacial score (nSPS) is 22.8. The van der Waals surface area contributed by atoms with Crippen LogP contribution >= 0.6 is 0 Å². The van der Waals surface area contributed by atoms with Gasteiger partial charge in [0.1, 0.15) is 0 Å². The molecule has 2 rings (SSSR count). The Balaban J connectivity index is 1.98. The van der Waals surface area contributed by atoms with Crippen LogP contribution in [0.4, 0.5) is 0 Å². The van der Waals surface area contributed by atoms with E-state index in [9.17, 15) is 4.79 Å². The monoisotopic (exact) mass is 278 g/mol. The third-order valence-corrected chi connectivity index (χ3v) is 4.47. The highest BCUT2D eigenvalue weighted by atomic mass is 16.1. The summed E-state index contributed by atoms with van der Waals surface area (Å²) in [7, 11) is 1.87. The molecule has 1 fully saturated rings. The van der Waals surface area contributed by atoms with E-state index in [4.69, 9.17) is 0 Å². The Morgan fingerprint density at radius 3 is 2.85 bits per heavy atom. The van der Waals surface area contributed by atoms with Gasteiger partial charge in [-0.2, -0.15) is 5.10 Å². The van der Waals surface area contributed by atoms with Crippen LogP contribution in [0.15, 0.2) is 0 Å². The number of hydrogen-bond donors (Lipinski definition) is 2. The van der Waals surface area contributed by atoms with Crippen LogP contribution in [0.5, 0.6) is 0 Å². The van der Waals surface area contributed by atoms with Crippen molar-refractivity contribution in [3.8, 4) is 0 Å². The summed E-state index contributed by atoms with van der Waals surface area (Å²) >= 11 is 0. The van der Waals surface area contributed by atoms with Crippen LogP contribution in [0.3, 0.4) is 0 Å². The van der Waals surface area contributed by atoms with Gasteiger partial charge in [0.2, 0.25) is 0 Å². The lowest BCUT2D eigenvalue weighted by atomic mass is 9.88. The number of nitrogens with one attached hydrogen (secondary N) is 2. The van der Waals surface area contributed by atoms with Gasteiger partial charge in [0.25, 0.3) is 5.91 Å². The molecule has 112 valence electrons. The summed E-state index contributed by atoms with van der Waals surface area (Å²) in [4.78, 5) is 12.3. The molecule has 0 radical (unpaired) electrons. The lowest BCUT2D eigenvalue weighted by molar-refractivity contribution is 0.0941. The number of amides is 1. The van der Waals surface area contributed by atoms with E-state index in [0.29, 0.717) is 18.5 Å². The number of nitrogens with zero attached hydrogens (tertiary/aromatic N) is 2. The number of piperidine rings is 1. The van der Waals surface area contributed by atoms with Crippen LogP contribution in [-0.2, 0) is 7.05 Å². The largest absolute Gasteiger partial charge is 0.350 e. The summed E-state index contributed by atoms with van der Waals surface area (Å²) in [6.07, 6.45) is 3.66. The van der Waals surface area contributed by atoms with E-state index in [-0.39, 0.29) is 5.91 Å². The quantitative estimate of drug-likeness (QED) is 0.878. The highest BCUT2D eigenvalue weighted by Gasteiger charge is 2.24. The standard InChI is InChI=1S/C15H26N4O/c1-5-12-7-6-8-16-13(12)9-17-15(20)14-10(2)18-19(4)11(14)3/h12-13,16H,5-9H2,1-4H3,(H,17,20). The van der Waals surface area contributed by atoms with Gasteiger partial charge in [-0.3, -0.25) is 9.48 Å². The molecule has 5 heteroatoms. The summed E-state index contributed by atoms with van der Waals surface area (Å²) in [5.74, 6) is 0.662. The van der Waals surface area contributed by atoms with E-state index in [1.807, 2.05) is 20.9 Å². The minimum atomic E-state index is -0.00433. The van der Waals surface area contributed by atoms with Crippen molar-refractivity contribution in [2.24, 2.45) is 13.0 Å². The van der Waals surface area contributed by atoms with Crippen LogP contribution in [-0.4, -0.2) is 34.8 Å². The molecule has 1 aliphatic rings. The van der Waals surface area contributed by atoms with Crippen molar-refractivity contribution in [1.82, 2.24) is 20.4 Å². The number of aromatic nitrogens is 2. The maximum absolute atomic E-state index is 12.3. The van der Waals surface area contributed by atoms with Crippen molar-refractivity contribution < 1.29 is 4.79 Å². The fraction of sp³-hybridized carbons (Fsp3) is 0.733. The third-order valence-electron chi connectivity index (χ3n) is 4.47. The molecule has 1 saturated heterocycles. The number of aryl methyl sites for hydroxylation is 2. The highest BCUT2D eigenvalue weighted by Crippen LogP contribution is 2.19. The van der Waals surface area contributed by atoms with Gasteiger partial charge in [-0.1, -0.05) is 13.3 Å². The average molecular weight is 278 g/mol. The van der Waals surface area contributed by atoms with Crippen molar-refractivity contribution in [3.63, 3.8) is 0 Å². The summed E-state index contributed by atoms with van der Waals surface area (Å²) in [6.45, 7) is 7.80. The molecule has 0 saturated carbocycles. The SMILES string of the molecule is CCC1CCCNC1CNC(=O)c1c(C)nn(C)c1C. The van der Waals surface area contributed by atoms with Crippen LogP contribution in [0.25, 0.3) is 0 Å². The maximum Gasteiger partial charge on any atom is 0.255 e. The predicted molar refractivity (Wildman–Crippen MR) is 79.8 cm³/mol. The molecule has 2 atom stereocenters. The first-order valence-corrected chi connectivity index (χ1v) is 7.56. The summed E-state index contributed by atoms with van der Waals surface area (Å²) in [5, 5.41) is 10.9. The number of carbonyl (C=O) groups excluding carboxylic acids is 1. The molecule has 2 N–H and O–H groups in total. The zero-order chi connectivity index (χ0) is 14.7. The molecule has 0 aromatic carbocycles. The Hall–Kier alpha value is -1.36. The van der Waals surface area contributed by atoms with Gasteiger partial charge in [-0.25, -0.2) is 0 Å². The molecule has 0 bridgehead atoms. The Kier molecular flexibility index (Phi) is 4.81. The highest BCUT2D eigenvalue weighted by molar-refractivity contribution is 5.96. The third kappa shape index (κ3) is 3.03. The predicted octanol–water partition coefficient (Wildman–Crippen LogP) is 1.54. The molecular weight excluding hydrogens is 252 g/mol. The van der Waals surface area contributed by atoms with Gasteiger partial charge in [-0.05, 0) is 39.2 Å². The average Bonchev–Trinajstić information content (AvgIpc) is 2.70. The Bertz CT molecular complexity index is 480. The molecule has 1 aromatic heterocycles. The lowest BCUT2D eigenvalue weighted by Gasteiger charge is -2.32. The topological polar surface area (TPSA) is 58.9 Å². The fourth-order valence-corrected chi connectivity index (χ4v) is 3.14. The van der Waals surface area contributed by atoms with Crippen LogP contribution in [0.2, 0.25) is 0 Å². The van der Waals surface area contributed by atoms with E-state index in [0.717, 1.165) is 23.5 Å². The van der Waals surface area contributed by atoms with E-state index in [2.05, 4.69) is 22.7 Å². The van der Waals surface area contributed by atoms with E-state index in [1.165, 1.54) is 19.3 Å². The Morgan fingerprint density at radius 2 is 2.25 bits per heavy atom. The van der Waals surface area contributed by atoms with Crippen molar-refractivity contribution in [3.05, 3.63) is 17.0 Å². The molecule has 1 aromatic rings. The first-order chi connectivity index (χ1) is 9.54. The molecule has 0 aliphatic carbocycles. The van der Waals surface area contributed by atoms with Crippen molar-refractivity contribution in [2.45, 2.75) is 46.1 Å². The van der Waals surface area contributed by atoms with Gasteiger partial charge >= 0.3 is 0 Å². The fourth-order valence-electron chi connectivity index (χ4n) is 3.14. The van der Waals surface area contributed by atoms with Crippen LogP contribution in [0, 0.1) is 19.8 Å². The molecule has 1 amide bonds. The van der Waals surface area contributed by atoms with Crippen LogP contribution < -0.4 is 10.6 Å². The minimum absolute atomic E-state index is 0.00433. The lowest BCUT2D eigenvalue weighted by Crippen LogP contribution is -2.48. The molecule has 5 nitrogen and oxygen atoms in total. The summed E-state index contributed by atoms with van der Waals surface area (Å²) in [6, 6.07) is 0.398. The first-order valence-electron chi connectivity index (χ1n) is 7.56. The minimum Gasteiger partial charge on any atom is -0.350 e. The smallest absolute Gasteiger partial charge is 0.255 e. The zero-order valence-corrected chi connectivity index (χ0v) is 13.0. The maximum atomic E-state index is 12.3. The van der Waals surface area contributed by atoms with Crippen LogP contribution in [0.1, 0.15) is 47.9 Å². The van der Waals surface area contributed by atoms with Crippen molar-refractivity contribution >= 4 is 5.91 Å². The van der Waals surface area contributed by atoms with Crippen molar-refractivity contribution in [1.29, 1.82) is 0 Å². The van der Waals surface area contributed by atoms with Gasteiger partial charge in [0, 0.05) is 25.3 Å². The molecule has 1 aliphatic heterocycles. The molecule has 2 unspecified atom stereocenters. The van der Waals surface area contributed by atoms with Gasteiger partial charge in [0.05, 0.1) is 11.3 Å². The summed E-state index contributed by atoms with van der Waals surface area (Å²) < 4.78 is 1.76. The second-order valence-electron chi connectivity index (χ2n) is 5.75. The van der Waals surface area contributed by atoms with E-state index in [1.54, 1.807) is 4.68 Å². The van der Waals surface area contributed by atoms with Gasteiger partial charge < -0.3 is 10.6 Å². The van der Waals surface area contributed by atoms with Gasteiger partial charge in [0.15, 0.2) is 0 Å². The second-order valence-corrected chi connectivity index (χ2v) is 5.75. The first kappa shape index (κ1) is 15.0. The molecule has 0 spiro atoms. The van der Waals surface area contributed by atoms with Gasteiger partial charge in [-0.15, -0.1) is 0 Å². The van der Waals surface area contributed by atoms with Crippen molar-refractivity contribution in [2.75, 3.05) is 13.1 Å². The Morgan fingerprint density at radius 1 is 1.50 bits per heavy atom. The molecule has 2 heterocycles. The number of rotatable bonds is 4. The molecule has 20 heavy (non-hydrogen) atoms. The molecular formula is C15H26N4O. The second kappa shape index (κ2) is 6.39.